The summed E-state index contributed by atoms with van der Waals surface area (Å²) < 4.78 is 28.8. The zero-order chi connectivity index (χ0) is 15.3. The Hall–Kier alpha value is -1.77. The highest BCUT2D eigenvalue weighted by atomic mass is 32.2. The highest BCUT2D eigenvalue weighted by molar-refractivity contribution is 7.89. The molecule has 2 rings (SSSR count). The molecule has 0 radical (unpaired) electrons. The van der Waals surface area contributed by atoms with Gasteiger partial charge in [-0.1, -0.05) is 0 Å². The van der Waals surface area contributed by atoms with Gasteiger partial charge in [0.15, 0.2) is 0 Å². The van der Waals surface area contributed by atoms with Gasteiger partial charge in [-0.2, -0.15) is 5.10 Å². The van der Waals surface area contributed by atoms with Gasteiger partial charge in [-0.15, -0.1) is 0 Å². The van der Waals surface area contributed by atoms with Crippen LogP contribution < -0.4 is 10.5 Å². The SMILES string of the molecule is CC(NS(=O)(=O)c1cnn(CCCN)c1)c1ccncc1. The van der Waals surface area contributed by atoms with E-state index in [0.29, 0.717) is 13.1 Å². The average Bonchev–Trinajstić information content (AvgIpc) is 2.95. The second-order valence-corrected chi connectivity index (χ2v) is 6.42. The van der Waals surface area contributed by atoms with Crippen LogP contribution in [0, 0.1) is 0 Å². The van der Waals surface area contributed by atoms with E-state index in [1.54, 1.807) is 36.1 Å². The van der Waals surface area contributed by atoms with Crippen molar-refractivity contribution in [3.63, 3.8) is 0 Å². The Labute approximate surface area is 124 Å². The smallest absolute Gasteiger partial charge is 0.244 e. The topological polar surface area (TPSA) is 103 Å². The van der Waals surface area contributed by atoms with Gasteiger partial charge in [0.25, 0.3) is 0 Å². The molecule has 7 nitrogen and oxygen atoms in total. The number of pyridine rings is 1. The van der Waals surface area contributed by atoms with E-state index in [4.69, 9.17) is 5.73 Å². The lowest BCUT2D eigenvalue weighted by Crippen LogP contribution is -2.26. The van der Waals surface area contributed by atoms with E-state index in [-0.39, 0.29) is 10.9 Å². The monoisotopic (exact) mass is 309 g/mol. The van der Waals surface area contributed by atoms with Crippen LogP contribution in [0.5, 0.6) is 0 Å². The molecule has 0 aliphatic heterocycles. The van der Waals surface area contributed by atoms with E-state index in [0.717, 1.165) is 12.0 Å². The zero-order valence-electron chi connectivity index (χ0n) is 11.8. The maximum atomic E-state index is 12.3. The van der Waals surface area contributed by atoms with Gasteiger partial charge in [-0.25, -0.2) is 13.1 Å². The molecule has 0 aliphatic rings. The number of nitrogens with one attached hydrogen (secondary N) is 1. The number of sulfonamides is 1. The summed E-state index contributed by atoms with van der Waals surface area (Å²) in [5.41, 5.74) is 6.27. The first-order chi connectivity index (χ1) is 10.0. The second-order valence-electron chi connectivity index (χ2n) is 4.70. The summed E-state index contributed by atoms with van der Waals surface area (Å²) in [5, 5.41) is 4.03. The number of hydrogen-bond donors (Lipinski definition) is 2. The van der Waals surface area contributed by atoms with Crippen LogP contribution in [-0.4, -0.2) is 29.7 Å². The van der Waals surface area contributed by atoms with Crippen LogP contribution >= 0.6 is 0 Å². The van der Waals surface area contributed by atoms with Crippen molar-refractivity contribution >= 4 is 10.0 Å². The van der Waals surface area contributed by atoms with Crippen LogP contribution in [0.2, 0.25) is 0 Å². The molecule has 1 atom stereocenters. The Balaban J connectivity index is 2.09. The molecule has 0 saturated carbocycles. The Morgan fingerprint density at radius 3 is 2.76 bits per heavy atom. The Kier molecular flexibility index (Phi) is 5.05. The first-order valence-corrected chi connectivity index (χ1v) is 8.16. The number of nitrogens with zero attached hydrogens (tertiary/aromatic N) is 3. The first-order valence-electron chi connectivity index (χ1n) is 6.67. The summed E-state index contributed by atoms with van der Waals surface area (Å²) in [4.78, 5) is 4.07. The van der Waals surface area contributed by atoms with Crippen molar-refractivity contribution in [1.82, 2.24) is 19.5 Å². The molecule has 0 bridgehead atoms. The largest absolute Gasteiger partial charge is 0.330 e. The first kappa shape index (κ1) is 15.6. The lowest BCUT2D eigenvalue weighted by molar-refractivity contribution is 0.564. The summed E-state index contributed by atoms with van der Waals surface area (Å²) in [6.45, 7) is 2.93. The fourth-order valence-corrected chi connectivity index (χ4v) is 3.06. The molecular weight excluding hydrogens is 290 g/mol. The van der Waals surface area contributed by atoms with Crippen LogP contribution in [0.15, 0.2) is 41.8 Å². The van der Waals surface area contributed by atoms with Gasteiger partial charge in [0.2, 0.25) is 10.0 Å². The molecule has 0 saturated heterocycles. The fourth-order valence-electron chi connectivity index (χ4n) is 1.88. The van der Waals surface area contributed by atoms with Crippen LogP contribution in [0.3, 0.4) is 0 Å². The molecule has 0 spiro atoms. The summed E-state index contributed by atoms with van der Waals surface area (Å²) >= 11 is 0. The van der Waals surface area contributed by atoms with Gasteiger partial charge in [0, 0.05) is 31.2 Å². The van der Waals surface area contributed by atoms with E-state index < -0.39 is 10.0 Å². The van der Waals surface area contributed by atoms with Crippen molar-refractivity contribution in [2.75, 3.05) is 6.54 Å². The predicted octanol–water partition coefficient (Wildman–Crippen LogP) is 0.666. The number of aromatic nitrogens is 3. The zero-order valence-corrected chi connectivity index (χ0v) is 12.6. The predicted molar refractivity (Wildman–Crippen MR) is 78.9 cm³/mol. The van der Waals surface area contributed by atoms with E-state index in [9.17, 15) is 8.42 Å². The Morgan fingerprint density at radius 1 is 1.38 bits per heavy atom. The number of nitrogens with two attached hydrogens (primary N) is 1. The van der Waals surface area contributed by atoms with E-state index in [1.807, 2.05) is 0 Å². The highest BCUT2D eigenvalue weighted by Crippen LogP contribution is 2.15. The highest BCUT2D eigenvalue weighted by Gasteiger charge is 2.20. The molecule has 0 amide bonds. The van der Waals surface area contributed by atoms with Gasteiger partial charge in [-0.05, 0) is 37.6 Å². The fraction of sp³-hybridized carbons (Fsp3) is 0.385. The summed E-state index contributed by atoms with van der Waals surface area (Å²) in [6, 6.07) is 3.21. The number of aryl methyl sites for hydroxylation is 1. The quantitative estimate of drug-likeness (QED) is 0.782. The molecular formula is C13H19N5O2S. The number of rotatable bonds is 7. The summed E-state index contributed by atoms with van der Waals surface area (Å²) in [6.07, 6.45) is 6.87. The third kappa shape index (κ3) is 4.10. The van der Waals surface area contributed by atoms with Crippen molar-refractivity contribution in [2.45, 2.75) is 30.8 Å². The molecule has 2 aromatic rings. The van der Waals surface area contributed by atoms with Crippen LogP contribution in [0.25, 0.3) is 0 Å². The molecule has 0 fully saturated rings. The molecule has 1 unspecified atom stereocenters. The van der Waals surface area contributed by atoms with Gasteiger partial charge in [0.1, 0.15) is 4.90 Å². The van der Waals surface area contributed by atoms with Gasteiger partial charge in [-0.3, -0.25) is 9.67 Å². The molecule has 21 heavy (non-hydrogen) atoms. The van der Waals surface area contributed by atoms with Crippen LogP contribution in [0.4, 0.5) is 0 Å². The minimum absolute atomic E-state index is 0.153. The summed E-state index contributed by atoms with van der Waals surface area (Å²) in [7, 11) is -3.60. The maximum absolute atomic E-state index is 12.3. The minimum atomic E-state index is -3.60. The number of hydrogen-bond acceptors (Lipinski definition) is 5. The van der Waals surface area contributed by atoms with Crippen molar-refractivity contribution < 1.29 is 8.42 Å². The summed E-state index contributed by atoms with van der Waals surface area (Å²) in [5.74, 6) is 0. The van der Waals surface area contributed by atoms with Crippen LogP contribution in [0.1, 0.15) is 24.9 Å². The van der Waals surface area contributed by atoms with E-state index in [2.05, 4.69) is 14.8 Å². The average molecular weight is 309 g/mol. The van der Waals surface area contributed by atoms with Crippen molar-refractivity contribution in [2.24, 2.45) is 5.73 Å². The van der Waals surface area contributed by atoms with E-state index in [1.165, 1.54) is 12.4 Å². The second kappa shape index (κ2) is 6.79. The minimum Gasteiger partial charge on any atom is -0.330 e. The molecule has 114 valence electrons. The lowest BCUT2D eigenvalue weighted by Gasteiger charge is -2.13. The van der Waals surface area contributed by atoms with E-state index >= 15 is 0 Å². The third-order valence-corrected chi connectivity index (χ3v) is 4.54. The standard InChI is InChI=1S/C13H19N5O2S/c1-11(12-3-6-15-7-4-12)17-21(19,20)13-9-16-18(10-13)8-2-5-14/h3-4,6-7,9-11,17H,2,5,8,14H2,1H3. The lowest BCUT2D eigenvalue weighted by atomic mass is 10.1. The Bertz CT molecular complexity index is 669. The van der Waals surface area contributed by atoms with Gasteiger partial charge in [0.05, 0.1) is 6.20 Å². The van der Waals surface area contributed by atoms with Crippen LogP contribution in [-0.2, 0) is 16.6 Å². The van der Waals surface area contributed by atoms with Gasteiger partial charge < -0.3 is 5.73 Å². The molecule has 8 heteroatoms. The molecule has 2 heterocycles. The molecule has 3 N–H and O–H groups in total. The Morgan fingerprint density at radius 2 is 2.10 bits per heavy atom. The van der Waals surface area contributed by atoms with Crippen molar-refractivity contribution in [1.29, 1.82) is 0 Å². The normalized spacial score (nSPS) is 13.2. The molecule has 0 aliphatic carbocycles. The van der Waals surface area contributed by atoms with Crippen molar-refractivity contribution in [3.8, 4) is 0 Å². The van der Waals surface area contributed by atoms with Gasteiger partial charge >= 0.3 is 0 Å². The van der Waals surface area contributed by atoms with Crippen molar-refractivity contribution in [3.05, 3.63) is 42.5 Å². The molecule has 0 aromatic carbocycles. The maximum Gasteiger partial charge on any atom is 0.244 e. The molecule has 2 aromatic heterocycles. The third-order valence-electron chi connectivity index (χ3n) is 3.05.